The molecule has 0 spiro atoms. The van der Waals surface area contributed by atoms with Gasteiger partial charge >= 0.3 is 0 Å². The van der Waals surface area contributed by atoms with Gasteiger partial charge in [-0.2, -0.15) is 0 Å². The number of nitrogens with one attached hydrogen (secondary N) is 1. The molecule has 0 saturated carbocycles. The summed E-state index contributed by atoms with van der Waals surface area (Å²) in [6.45, 7) is 1.89. The molecule has 0 aromatic heterocycles. The number of hydrogen-bond donors (Lipinski definition) is 2. The minimum Gasteiger partial charge on any atom is -0.497 e. The number of aliphatic hydroxyl groups excluding tert-OH is 1. The predicted octanol–water partition coefficient (Wildman–Crippen LogP) is 3.01. The van der Waals surface area contributed by atoms with Crippen LogP contribution in [0.15, 0.2) is 48.5 Å². The number of rotatable bonds is 7. The summed E-state index contributed by atoms with van der Waals surface area (Å²) >= 11 is 0. The van der Waals surface area contributed by atoms with Gasteiger partial charge in [-0.15, -0.1) is 0 Å². The van der Waals surface area contributed by atoms with E-state index in [9.17, 15) is 14.3 Å². The van der Waals surface area contributed by atoms with Gasteiger partial charge in [-0.05, 0) is 48.7 Å². The zero-order chi connectivity index (χ0) is 17.5. The maximum absolute atomic E-state index is 13.2. The minimum absolute atomic E-state index is 0.0932. The van der Waals surface area contributed by atoms with E-state index in [2.05, 4.69) is 5.32 Å². The van der Waals surface area contributed by atoms with E-state index in [1.165, 1.54) is 18.2 Å². The Bertz CT molecular complexity index is 690. The molecule has 4 nitrogen and oxygen atoms in total. The fraction of sp³-hybridized carbons (Fsp3) is 0.316. The van der Waals surface area contributed by atoms with Crippen molar-refractivity contribution in [2.75, 3.05) is 7.11 Å². The summed E-state index contributed by atoms with van der Waals surface area (Å²) in [5.41, 5.74) is 1.44. The third-order valence-electron chi connectivity index (χ3n) is 3.70. The molecule has 0 radical (unpaired) electrons. The Balaban J connectivity index is 1.87. The van der Waals surface area contributed by atoms with E-state index in [4.69, 9.17) is 4.74 Å². The van der Waals surface area contributed by atoms with E-state index in [1.54, 1.807) is 13.2 Å². The molecule has 0 heterocycles. The second kappa shape index (κ2) is 8.45. The van der Waals surface area contributed by atoms with Crippen molar-refractivity contribution < 1.29 is 19.0 Å². The van der Waals surface area contributed by atoms with Crippen LogP contribution in [0.5, 0.6) is 5.75 Å². The molecule has 2 aromatic carbocycles. The SMILES string of the molecule is COc1cccc(CC(C)NC(=O)CC(O)c2cccc(F)c2)c1. The summed E-state index contributed by atoms with van der Waals surface area (Å²) in [6.07, 6.45) is -0.477. The van der Waals surface area contributed by atoms with Crippen LogP contribution < -0.4 is 10.1 Å². The first-order chi connectivity index (χ1) is 11.5. The number of amides is 1. The first-order valence-corrected chi connectivity index (χ1v) is 7.83. The Labute approximate surface area is 141 Å². The summed E-state index contributed by atoms with van der Waals surface area (Å²) < 4.78 is 18.3. The number of carbonyl (C=O) groups excluding carboxylic acids is 1. The lowest BCUT2D eigenvalue weighted by Crippen LogP contribution is -2.34. The van der Waals surface area contributed by atoms with Gasteiger partial charge in [-0.25, -0.2) is 4.39 Å². The largest absolute Gasteiger partial charge is 0.497 e. The van der Waals surface area contributed by atoms with Crippen LogP contribution in [-0.4, -0.2) is 24.2 Å². The maximum Gasteiger partial charge on any atom is 0.223 e. The van der Waals surface area contributed by atoms with Crippen molar-refractivity contribution >= 4 is 5.91 Å². The number of ether oxygens (including phenoxy) is 1. The lowest BCUT2D eigenvalue weighted by Gasteiger charge is -2.16. The van der Waals surface area contributed by atoms with Crippen LogP contribution in [0, 0.1) is 5.82 Å². The van der Waals surface area contributed by atoms with Gasteiger partial charge in [0.05, 0.1) is 19.6 Å². The van der Waals surface area contributed by atoms with Crippen molar-refractivity contribution in [3.8, 4) is 5.75 Å². The van der Waals surface area contributed by atoms with Crippen molar-refractivity contribution in [3.63, 3.8) is 0 Å². The van der Waals surface area contributed by atoms with Crippen LogP contribution in [-0.2, 0) is 11.2 Å². The normalized spacial score (nSPS) is 13.2. The number of aliphatic hydroxyl groups is 1. The Morgan fingerprint density at radius 3 is 2.71 bits per heavy atom. The van der Waals surface area contributed by atoms with Crippen LogP contribution in [0.25, 0.3) is 0 Å². The lowest BCUT2D eigenvalue weighted by molar-refractivity contribution is -0.123. The fourth-order valence-electron chi connectivity index (χ4n) is 2.55. The van der Waals surface area contributed by atoms with Gasteiger partial charge in [-0.1, -0.05) is 24.3 Å². The second-order valence-electron chi connectivity index (χ2n) is 5.80. The number of carbonyl (C=O) groups is 1. The van der Waals surface area contributed by atoms with Crippen LogP contribution in [0.4, 0.5) is 4.39 Å². The van der Waals surface area contributed by atoms with Crippen molar-refractivity contribution in [2.24, 2.45) is 0 Å². The summed E-state index contributed by atoms with van der Waals surface area (Å²) in [4.78, 5) is 12.0. The van der Waals surface area contributed by atoms with Gasteiger partial charge in [0.2, 0.25) is 5.91 Å². The molecule has 128 valence electrons. The Kier molecular flexibility index (Phi) is 6.32. The van der Waals surface area contributed by atoms with Crippen molar-refractivity contribution in [1.82, 2.24) is 5.32 Å². The quantitative estimate of drug-likeness (QED) is 0.820. The van der Waals surface area contributed by atoms with Crippen LogP contribution in [0.2, 0.25) is 0 Å². The average Bonchev–Trinajstić information content (AvgIpc) is 2.54. The van der Waals surface area contributed by atoms with Crippen LogP contribution in [0.3, 0.4) is 0 Å². The van der Waals surface area contributed by atoms with Crippen molar-refractivity contribution in [2.45, 2.75) is 31.9 Å². The molecule has 0 saturated heterocycles. The molecular weight excluding hydrogens is 309 g/mol. The third kappa shape index (κ3) is 5.35. The standard InChI is InChI=1S/C19H22FNO3/c1-13(9-14-5-3-8-17(10-14)24-2)21-19(23)12-18(22)15-6-4-7-16(20)11-15/h3-8,10-11,13,18,22H,9,12H2,1-2H3,(H,21,23). The van der Waals surface area contributed by atoms with Gasteiger partial charge in [0.25, 0.3) is 0 Å². The highest BCUT2D eigenvalue weighted by molar-refractivity contribution is 5.77. The van der Waals surface area contributed by atoms with E-state index < -0.39 is 11.9 Å². The minimum atomic E-state index is -1.02. The van der Waals surface area contributed by atoms with Crippen LogP contribution in [0.1, 0.15) is 30.6 Å². The highest BCUT2D eigenvalue weighted by atomic mass is 19.1. The molecule has 1 amide bonds. The number of benzene rings is 2. The highest BCUT2D eigenvalue weighted by Gasteiger charge is 2.15. The summed E-state index contributed by atoms with van der Waals surface area (Å²) in [5, 5.41) is 12.9. The molecule has 0 aliphatic rings. The van der Waals surface area contributed by atoms with E-state index in [0.717, 1.165) is 11.3 Å². The number of halogens is 1. The molecule has 2 unspecified atom stereocenters. The molecule has 2 rings (SSSR count). The molecule has 0 fully saturated rings. The molecule has 0 bridgehead atoms. The summed E-state index contributed by atoms with van der Waals surface area (Å²) in [5.74, 6) is 0.0630. The number of hydrogen-bond acceptors (Lipinski definition) is 3. The van der Waals surface area contributed by atoms with Gasteiger partial charge in [0, 0.05) is 6.04 Å². The Hall–Kier alpha value is -2.40. The van der Waals surface area contributed by atoms with Gasteiger partial charge in [0.15, 0.2) is 0 Å². The smallest absolute Gasteiger partial charge is 0.223 e. The van der Waals surface area contributed by atoms with E-state index in [-0.39, 0.29) is 18.4 Å². The monoisotopic (exact) mass is 331 g/mol. The van der Waals surface area contributed by atoms with E-state index >= 15 is 0 Å². The van der Waals surface area contributed by atoms with Crippen LogP contribution >= 0.6 is 0 Å². The van der Waals surface area contributed by atoms with Crippen molar-refractivity contribution in [1.29, 1.82) is 0 Å². The first kappa shape index (κ1) is 17.9. The Morgan fingerprint density at radius 2 is 2.00 bits per heavy atom. The molecule has 2 atom stereocenters. The highest BCUT2D eigenvalue weighted by Crippen LogP contribution is 2.18. The average molecular weight is 331 g/mol. The lowest BCUT2D eigenvalue weighted by atomic mass is 10.0. The molecular formula is C19H22FNO3. The zero-order valence-corrected chi connectivity index (χ0v) is 13.8. The van der Waals surface area contributed by atoms with Gasteiger partial charge in [0.1, 0.15) is 11.6 Å². The molecule has 5 heteroatoms. The molecule has 2 aromatic rings. The fourth-order valence-corrected chi connectivity index (χ4v) is 2.55. The summed E-state index contributed by atoms with van der Waals surface area (Å²) in [6, 6.07) is 13.2. The first-order valence-electron chi connectivity index (χ1n) is 7.83. The van der Waals surface area contributed by atoms with E-state index in [1.807, 2.05) is 31.2 Å². The molecule has 24 heavy (non-hydrogen) atoms. The van der Waals surface area contributed by atoms with Gasteiger partial charge in [-0.3, -0.25) is 4.79 Å². The van der Waals surface area contributed by atoms with Gasteiger partial charge < -0.3 is 15.2 Å². The van der Waals surface area contributed by atoms with Crippen molar-refractivity contribution in [3.05, 3.63) is 65.5 Å². The predicted molar refractivity (Wildman–Crippen MR) is 90.3 cm³/mol. The number of methoxy groups -OCH3 is 1. The Morgan fingerprint density at radius 1 is 1.25 bits per heavy atom. The molecule has 2 N–H and O–H groups in total. The maximum atomic E-state index is 13.2. The van der Waals surface area contributed by atoms with E-state index in [0.29, 0.717) is 12.0 Å². The molecule has 0 aliphatic carbocycles. The third-order valence-corrected chi connectivity index (χ3v) is 3.70. The molecule has 0 aliphatic heterocycles. The zero-order valence-electron chi connectivity index (χ0n) is 13.8. The second-order valence-corrected chi connectivity index (χ2v) is 5.80. The topological polar surface area (TPSA) is 58.6 Å². The summed E-state index contributed by atoms with van der Waals surface area (Å²) in [7, 11) is 1.61.